The van der Waals surface area contributed by atoms with Gasteiger partial charge in [0, 0.05) is 11.6 Å². The number of carbonyl (C=O) groups is 1. The first kappa shape index (κ1) is 17.9. The Hall–Kier alpha value is -2.47. The maximum Gasteiger partial charge on any atom is 0.417 e. The average Bonchev–Trinajstić information content (AvgIpc) is 3.38. The molecule has 7 heteroatoms. The molecule has 0 aromatic heterocycles. The van der Waals surface area contributed by atoms with Crippen LogP contribution in [0.3, 0.4) is 0 Å². The second kappa shape index (κ2) is 6.60. The minimum absolute atomic E-state index is 0.123. The normalized spacial score (nSPS) is 20.0. The van der Waals surface area contributed by atoms with Crippen LogP contribution in [-0.4, -0.2) is 11.8 Å². The third-order valence-electron chi connectivity index (χ3n) is 4.52. The van der Waals surface area contributed by atoms with Crippen molar-refractivity contribution in [3.8, 4) is 0 Å². The molecular weight excluding hydrogens is 379 g/mol. The molecule has 1 aliphatic carbocycles. The third-order valence-corrected chi connectivity index (χ3v) is 4.85. The quantitative estimate of drug-likeness (QED) is 0.783. The van der Waals surface area contributed by atoms with Crippen LogP contribution in [0.5, 0.6) is 0 Å². The van der Waals surface area contributed by atoms with Gasteiger partial charge in [-0.05, 0) is 30.5 Å². The summed E-state index contributed by atoms with van der Waals surface area (Å²) in [6.07, 6.45) is -3.64. The lowest BCUT2D eigenvalue weighted by Crippen LogP contribution is -2.17. The van der Waals surface area contributed by atoms with Crippen LogP contribution in [-0.2, 0) is 15.7 Å². The van der Waals surface area contributed by atoms with Crippen molar-refractivity contribution in [1.29, 1.82) is 0 Å². The Morgan fingerprint density at radius 3 is 2.41 bits per heavy atom. The molecule has 0 saturated heterocycles. The molecule has 1 saturated carbocycles. The van der Waals surface area contributed by atoms with Gasteiger partial charge in [0.25, 0.3) is 0 Å². The Balaban J connectivity index is 1.77. The summed E-state index contributed by atoms with van der Waals surface area (Å²) in [6, 6.07) is 12.5. The van der Waals surface area contributed by atoms with Gasteiger partial charge < -0.3 is 10.1 Å². The van der Waals surface area contributed by atoms with Gasteiger partial charge in [-0.1, -0.05) is 48.0 Å². The van der Waals surface area contributed by atoms with Gasteiger partial charge in [-0.3, -0.25) is 4.79 Å². The van der Waals surface area contributed by atoms with Gasteiger partial charge in [0.15, 0.2) is 12.0 Å². The van der Waals surface area contributed by atoms with Crippen LogP contribution in [0.4, 0.5) is 13.2 Å². The van der Waals surface area contributed by atoms with E-state index in [4.69, 9.17) is 16.3 Å². The van der Waals surface area contributed by atoms with Gasteiger partial charge in [0.1, 0.15) is 0 Å². The molecule has 140 valence electrons. The summed E-state index contributed by atoms with van der Waals surface area (Å²) in [5, 5.41) is 2.72. The number of hydrogen-bond acceptors (Lipinski definition) is 3. The van der Waals surface area contributed by atoms with E-state index in [0.29, 0.717) is 5.56 Å². The van der Waals surface area contributed by atoms with Crippen molar-refractivity contribution in [2.75, 3.05) is 0 Å². The average molecular weight is 394 g/mol. The Morgan fingerprint density at radius 2 is 1.78 bits per heavy atom. The van der Waals surface area contributed by atoms with Gasteiger partial charge >= 0.3 is 6.18 Å². The molecule has 3 nitrogen and oxygen atoms in total. The molecule has 1 heterocycles. The minimum Gasteiger partial charge on any atom is -0.462 e. The van der Waals surface area contributed by atoms with Crippen molar-refractivity contribution >= 4 is 23.0 Å². The number of benzene rings is 2. The fourth-order valence-electron chi connectivity index (χ4n) is 3.01. The van der Waals surface area contributed by atoms with Crippen molar-refractivity contribution in [2.45, 2.75) is 31.2 Å². The third kappa shape index (κ3) is 3.54. The Kier molecular flexibility index (Phi) is 4.38. The van der Waals surface area contributed by atoms with Crippen molar-refractivity contribution < 1.29 is 22.7 Å². The van der Waals surface area contributed by atoms with Crippen LogP contribution >= 0.6 is 11.6 Å². The highest BCUT2D eigenvalue weighted by molar-refractivity contribution is 6.32. The summed E-state index contributed by atoms with van der Waals surface area (Å²) in [4.78, 5) is 13.0. The predicted molar refractivity (Wildman–Crippen MR) is 94.8 cm³/mol. The summed E-state index contributed by atoms with van der Waals surface area (Å²) in [7, 11) is 0. The summed E-state index contributed by atoms with van der Waals surface area (Å²) >= 11 is 5.71. The van der Waals surface area contributed by atoms with Crippen LogP contribution in [0.2, 0.25) is 5.02 Å². The first-order valence-electron chi connectivity index (χ1n) is 8.48. The van der Waals surface area contributed by atoms with E-state index in [0.717, 1.165) is 25.0 Å². The number of ether oxygens (including phenoxy) is 1. The summed E-state index contributed by atoms with van der Waals surface area (Å²) in [5.41, 5.74) is -0.0651. The van der Waals surface area contributed by atoms with Gasteiger partial charge in [-0.2, -0.15) is 13.2 Å². The monoisotopic (exact) mass is 393 g/mol. The SMILES string of the molecule is O=C1C(c2ccc(Cl)c(C(F)(F)F)c2)=C(NC2CC2)OC1c1ccccc1. The molecule has 1 aliphatic heterocycles. The van der Waals surface area contributed by atoms with E-state index >= 15 is 0 Å². The highest BCUT2D eigenvalue weighted by atomic mass is 35.5. The van der Waals surface area contributed by atoms with E-state index in [9.17, 15) is 18.0 Å². The predicted octanol–water partition coefficient (Wildman–Crippen LogP) is 5.12. The Morgan fingerprint density at radius 1 is 1.07 bits per heavy atom. The van der Waals surface area contributed by atoms with Crippen LogP contribution in [0.15, 0.2) is 54.4 Å². The maximum atomic E-state index is 13.2. The standard InChI is InChI=1S/C20H15ClF3NO2/c21-15-9-6-12(10-14(15)20(22,23)24)16-17(26)18(11-4-2-1-3-5-11)27-19(16)25-13-7-8-13/h1-6,9-10,13,18,25H,7-8H2. The minimum atomic E-state index is -4.61. The molecule has 1 fully saturated rings. The molecule has 0 amide bonds. The fourth-order valence-corrected chi connectivity index (χ4v) is 3.24. The first-order chi connectivity index (χ1) is 12.8. The molecule has 27 heavy (non-hydrogen) atoms. The van der Waals surface area contributed by atoms with Crippen molar-refractivity contribution in [3.63, 3.8) is 0 Å². The smallest absolute Gasteiger partial charge is 0.417 e. The molecule has 2 aromatic carbocycles. The molecule has 1 unspecified atom stereocenters. The number of hydrogen-bond donors (Lipinski definition) is 1. The molecule has 2 aromatic rings. The van der Waals surface area contributed by atoms with E-state index in [1.165, 1.54) is 6.07 Å². The van der Waals surface area contributed by atoms with Crippen LogP contribution < -0.4 is 5.32 Å². The molecular formula is C20H15ClF3NO2. The second-order valence-electron chi connectivity index (χ2n) is 6.59. The number of rotatable bonds is 4. The zero-order valence-electron chi connectivity index (χ0n) is 14.0. The lowest BCUT2D eigenvalue weighted by atomic mass is 9.95. The fraction of sp³-hybridized carbons (Fsp3) is 0.250. The largest absolute Gasteiger partial charge is 0.462 e. The van der Waals surface area contributed by atoms with Crippen LogP contribution in [0.1, 0.15) is 35.6 Å². The second-order valence-corrected chi connectivity index (χ2v) is 7.00. The van der Waals surface area contributed by atoms with E-state index in [1.807, 2.05) is 6.07 Å². The van der Waals surface area contributed by atoms with Crippen LogP contribution in [0, 0.1) is 0 Å². The zero-order valence-corrected chi connectivity index (χ0v) is 14.8. The van der Waals surface area contributed by atoms with Gasteiger partial charge in [0.2, 0.25) is 5.78 Å². The van der Waals surface area contributed by atoms with E-state index in [1.54, 1.807) is 24.3 Å². The summed E-state index contributed by atoms with van der Waals surface area (Å²) < 4.78 is 45.6. The van der Waals surface area contributed by atoms with E-state index < -0.39 is 22.9 Å². The van der Waals surface area contributed by atoms with E-state index in [2.05, 4.69) is 5.32 Å². The van der Waals surface area contributed by atoms with E-state index in [-0.39, 0.29) is 28.8 Å². The highest BCUT2D eigenvalue weighted by Crippen LogP contribution is 2.41. The van der Waals surface area contributed by atoms with Crippen molar-refractivity contribution in [1.82, 2.24) is 5.32 Å². The molecule has 2 aliphatic rings. The Bertz CT molecular complexity index is 921. The number of alkyl halides is 3. The van der Waals surface area contributed by atoms with Crippen molar-refractivity contribution in [2.24, 2.45) is 0 Å². The highest BCUT2D eigenvalue weighted by Gasteiger charge is 2.40. The molecule has 1 atom stereocenters. The van der Waals surface area contributed by atoms with Gasteiger partial charge in [-0.25, -0.2) is 0 Å². The summed E-state index contributed by atoms with van der Waals surface area (Å²) in [5.74, 6) is -0.147. The van der Waals surface area contributed by atoms with Gasteiger partial charge in [0.05, 0.1) is 16.2 Å². The number of Topliss-reactive ketones (excluding diaryl/α,β-unsaturated/α-hetero) is 1. The molecule has 1 N–H and O–H groups in total. The number of nitrogens with one attached hydrogen (secondary N) is 1. The van der Waals surface area contributed by atoms with Crippen LogP contribution in [0.25, 0.3) is 5.57 Å². The maximum absolute atomic E-state index is 13.2. The molecule has 4 rings (SSSR count). The zero-order chi connectivity index (χ0) is 19.2. The molecule has 0 radical (unpaired) electrons. The van der Waals surface area contributed by atoms with Crippen molar-refractivity contribution in [3.05, 3.63) is 76.1 Å². The number of carbonyl (C=O) groups excluding carboxylic acids is 1. The number of halogens is 4. The topological polar surface area (TPSA) is 38.3 Å². The Labute approximate surface area is 158 Å². The molecule has 0 spiro atoms. The number of ketones is 1. The lowest BCUT2D eigenvalue weighted by Gasteiger charge is -2.12. The lowest BCUT2D eigenvalue weighted by molar-refractivity contribution is -0.137. The molecule has 0 bridgehead atoms. The summed E-state index contributed by atoms with van der Waals surface area (Å²) in [6.45, 7) is 0. The van der Waals surface area contributed by atoms with Gasteiger partial charge in [-0.15, -0.1) is 0 Å². The first-order valence-corrected chi connectivity index (χ1v) is 8.86.